The van der Waals surface area contributed by atoms with Gasteiger partial charge in [-0.05, 0) is 41.0 Å². The molecule has 0 atom stereocenters. The Labute approximate surface area is 164 Å². The van der Waals surface area contributed by atoms with Gasteiger partial charge in [0, 0.05) is 23.6 Å². The van der Waals surface area contributed by atoms with E-state index in [1.54, 1.807) is 4.90 Å². The summed E-state index contributed by atoms with van der Waals surface area (Å²) in [5.41, 5.74) is 2.90. The first-order valence-corrected chi connectivity index (χ1v) is 9.10. The standard InChI is InChI=1S/C22H19Cl2NO/c1-25(15-16-5-3-2-4-6-16)22(26)21(17-7-11-19(23)12-8-17)18-9-13-20(24)14-10-18/h2-14,21H,15H2,1H3. The lowest BCUT2D eigenvalue weighted by atomic mass is 9.90. The number of halogens is 2. The summed E-state index contributed by atoms with van der Waals surface area (Å²) < 4.78 is 0. The van der Waals surface area contributed by atoms with E-state index >= 15 is 0 Å². The van der Waals surface area contributed by atoms with E-state index in [4.69, 9.17) is 23.2 Å². The smallest absolute Gasteiger partial charge is 0.234 e. The van der Waals surface area contributed by atoms with E-state index in [9.17, 15) is 4.79 Å². The Morgan fingerprint density at radius 1 is 0.808 bits per heavy atom. The van der Waals surface area contributed by atoms with Crippen molar-refractivity contribution < 1.29 is 4.79 Å². The SMILES string of the molecule is CN(Cc1ccccc1)C(=O)C(c1ccc(Cl)cc1)c1ccc(Cl)cc1. The molecule has 0 aromatic heterocycles. The van der Waals surface area contributed by atoms with Gasteiger partial charge < -0.3 is 4.90 Å². The third kappa shape index (κ3) is 4.46. The molecule has 0 aliphatic rings. The predicted molar refractivity (Wildman–Crippen MR) is 108 cm³/mol. The molecule has 4 heteroatoms. The van der Waals surface area contributed by atoms with E-state index in [-0.39, 0.29) is 5.91 Å². The van der Waals surface area contributed by atoms with Crippen molar-refractivity contribution in [3.8, 4) is 0 Å². The summed E-state index contributed by atoms with van der Waals surface area (Å²) in [5, 5.41) is 1.29. The van der Waals surface area contributed by atoms with Crippen LogP contribution < -0.4 is 0 Å². The van der Waals surface area contributed by atoms with Crippen LogP contribution in [0.25, 0.3) is 0 Å². The molecule has 132 valence electrons. The Bertz CT molecular complexity index is 815. The zero-order valence-electron chi connectivity index (χ0n) is 14.4. The van der Waals surface area contributed by atoms with Gasteiger partial charge in [-0.15, -0.1) is 0 Å². The lowest BCUT2D eigenvalue weighted by molar-refractivity contribution is -0.131. The molecule has 3 aromatic rings. The van der Waals surface area contributed by atoms with Crippen molar-refractivity contribution in [2.45, 2.75) is 12.5 Å². The Morgan fingerprint density at radius 2 is 1.27 bits per heavy atom. The zero-order valence-corrected chi connectivity index (χ0v) is 15.9. The topological polar surface area (TPSA) is 20.3 Å². The molecule has 0 fully saturated rings. The number of carbonyl (C=O) groups excluding carboxylic acids is 1. The van der Waals surface area contributed by atoms with Gasteiger partial charge in [-0.2, -0.15) is 0 Å². The number of likely N-dealkylation sites (N-methyl/N-ethyl adjacent to an activating group) is 1. The summed E-state index contributed by atoms with van der Waals surface area (Å²) in [4.78, 5) is 15.0. The highest BCUT2D eigenvalue weighted by molar-refractivity contribution is 6.30. The maximum atomic E-state index is 13.3. The molecule has 1 amide bonds. The summed E-state index contributed by atoms with van der Waals surface area (Å²) in [6, 6.07) is 24.8. The van der Waals surface area contributed by atoms with Gasteiger partial charge in [0.1, 0.15) is 0 Å². The molecule has 3 rings (SSSR count). The third-order valence-electron chi connectivity index (χ3n) is 4.29. The fourth-order valence-corrected chi connectivity index (χ4v) is 3.20. The summed E-state index contributed by atoms with van der Waals surface area (Å²) in [6.45, 7) is 0.553. The van der Waals surface area contributed by atoms with Gasteiger partial charge >= 0.3 is 0 Å². The van der Waals surface area contributed by atoms with E-state index < -0.39 is 5.92 Å². The molecular weight excluding hydrogens is 365 g/mol. The Balaban J connectivity index is 1.92. The second-order valence-electron chi connectivity index (χ2n) is 6.22. The molecule has 0 heterocycles. The highest BCUT2D eigenvalue weighted by atomic mass is 35.5. The molecular formula is C22H19Cl2NO. The average Bonchev–Trinajstić information content (AvgIpc) is 2.65. The number of rotatable bonds is 5. The van der Waals surface area contributed by atoms with Crippen LogP contribution in [0.5, 0.6) is 0 Å². The molecule has 0 N–H and O–H groups in total. The van der Waals surface area contributed by atoms with Crippen LogP contribution in [0.2, 0.25) is 10.0 Å². The van der Waals surface area contributed by atoms with Gasteiger partial charge in [0.05, 0.1) is 5.92 Å². The van der Waals surface area contributed by atoms with Crippen molar-refractivity contribution in [2.75, 3.05) is 7.05 Å². The first kappa shape index (κ1) is 18.5. The van der Waals surface area contributed by atoms with Crippen LogP contribution in [-0.4, -0.2) is 17.9 Å². The van der Waals surface area contributed by atoms with Crippen LogP contribution in [0.3, 0.4) is 0 Å². The maximum Gasteiger partial charge on any atom is 0.234 e. The van der Waals surface area contributed by atoms with Crippen molar-refractivity contribution in [2.24, 2.45) is 0 Å². The molecule has 0 unspecified atom stereocenters. The molecule has 0 aliphatic heterocycles. The quantitative estimate of drug-likeness (QED) is 0.546. The number of amides is 1. The van der Waals surface area contributed by atoms with Crippen molar-refractivity contribution in [3.63, 3.8) is 0 Å². The lowest BCUT2D eigenvalue weighted by Gasteiger charge is -2.25. The van der Waals surface area contributed by atoms with Crippen LogP contribution >= 0.6 is 23.2 Å². The van der Waals surface area contributed by atoms with Crippen LogP contribution in [0, 0.1) is 0 Å². The second-order valence-corrected chi connectivity index (χ2v) is 7.09. The normalized spacial score (nSPS) is 10.8. The van der Waals surface area contributed by atoms with Gasteiger partial charge in [-0.1, -0.05) is 77.8 Å². The minimum Gasteiger partial charge on any atom is -0.341 e. The first-order chi connectivity index (χ1) is 12.5. The van der Waals surface area contributed by atoms with Crippen LogP contribution in [0.15, 0.2) is 78.9 Å². The van der Waals surface area contributed by atoms with Crippen LogP contribution in [-0.2, 0) is 11.3 Å². The van der Waals surface area contributed by atoms with Gasteiger partial charge in [0.15, 0.2) is 0 Å². The number of nitrogens with zero attached hydrogens (tertiary/aromatic N) is 1. The zero-order chi connectivity index (χ0) is 18.5. The Hall–Kier alpha value is -2.29. The summed E-state index contributed by atoms with van der Waals surface area (Å²) in [7, 11) is 1.83. The van der Waals surface area contributed by atoms with E-state index in [2.05, 4.69) is 0 Å². The summed E-state index contributed by atoms with van der Waals surface area (Å²) >= 11 is 12.0. The molecule has 0 bridgehead atoms. The van der Waals surface area contributed by atoms with Crippen molar-refractivity contribution in [3.05, 3.63) is 106 Å². The van der Waals surface area contributed by atoms with Gasteiger partial charge in [-0.25, -0.2) is 0 Å². The molecule has 0 radical (unpaired) electrons. The number of carbonyl (C=O) groups is 1. The van der Waals surface area contributed by atoms with E-state index in [1.165, 1.54) is 0 Å². The van der Waals surface area contributed by atoms with Gasteiger partial charge in [0.25, 0.3) is 0 Å². The van der Waals surface area contributed by atoms with E-state index in [0.29, 0.717) is 16.6 Å². The molecule has 0 aliphatic carbocycles. The largest absolute Gasteiger partial charge is 0.341 e. The molecule has 3 aromatic carbocycles. The highest BCUT2D eigenvalue weighted by Gasteiger charge is 2.26. The summed E-state index contributed by atoms with van der Waals surface area (Å²) in [5.74, 6) is -0.378. The molecule has 0 saturated heterocycles. The first-order valence-electron chi connectivity index (χ1n) is 8.34. The van der Waals surface area contributed by atoms with Crippen molar-refractivity contribution >= 4 is 29.1 Å². The number of hydrogen-bond acceptors (Lipinski definition) is 1. The predicted octanol–water partition coefficient (Wildman–Crippen LogP) is 5.78. The Kier molecular flexibility index (Phi) is 5.97. The fourth-order valence-electron chi connectivity index (χ4n) is 2.94. The highest BCUT2D eigenvalue weighted by Crippen LogP contribution is 2.29. The van der Waals surface area contributed by atoms with E-state index in [1.807, 2.05) is 85.9 Å². The van der Waals surface area contributed by atoms with Crippen molar-refractivity contribution in [1.29, 1.82) is 0 Å². The van der Waals surface area contributed by atoms with Gasteiger partial charge in [0.2, 0.25) is 5.91 Å². The monoisotopic (exact) mass is 383 g/mol. The summed E-state index contributed by atoms with van der Waals surface area (Å²) in [6.07, 6.45) is 0. The third-order valence-corrected chi connectivity index (χ3v) is 4.80. The lowest BCUT2D eigenvalue weighted by Crippen LogP contribution is -2.32. The molecule has 26 heavy (non-hydrogen) atoms. The minimum absolute atomic E-state index is 0.0264. The molecule has 0 spiro atoms. The van der Waals surface area contributed by atoms with Gasteiger partial charge in [-0.3, -0.25) is 4.79 Å². The molecule has 0 saturated carbocycles. The Morgan fingerprint density at radius 3 is 1.73 bits per heavy atom. The fraction of sp³-hybridized carbons (Fsp3) is 0.136. The molecule has 2 nitrogen and oxygen atoms in total. The average molecular weight is 384 g/mol. The van der Waals surface area contributed by atoms with Crippen LogP contribution in [0.1, 0.15) is 22.6 Å². The number of hydrogen-bond donors (Lipinski definition) is 0. The van der Waals surface area contributed by atoms with Crippen molar-refractivity contribution in [1.82, 2.24) is 4.90 Å². The second kappa shape index (κ2) is 8.39. The minimum atomic E-state index is -0.404. The number of benzene rings is 3. The maximum absolute atomic E-state index is 13.3. The van der Waals surface area contributed by atoms with E-state index in [0.717, 1.165) is 16.7 Å². The van der Waals surface area contributed by atoms with Crippen LogP contribution in [0.4, 0.5) is 0 Å².